The van der Waals surface area contributed by atoms with Crippen LogP contribution < -0.4 is 0 Å². The molecule has 11 heavy (non-hydrogen) atoms. The Bertz CT molecular complexity index is 145. The van der Waals surface area contributed by atoms with Crippen LogP contribution in [0.4, 0.5) is 0 Å². The van der Waals surface area contributed by atoms with E-state index in [9.17, 15) is 0 Å². The minimum absolute atomic E-state index is 0.131. The highest BCUT2D eigenvalue weighted by atomic mass is 16.3. The average Bonchev–Trinajstić information content (AvgIpc) is 2.46. The van der Waals surface area contributed by atoms with Crippen molar-refractivity contribution in [2.45, 2.75) is 26.2 Å². The fraction of sp³-hybridized carbons (Fsp3) is 0.778. The van der Waals surface area contributed by atoms with Crippen molar-refractivity contribution in [2.75, 3.05) is 13.2 Å². The lowest BCUT2D eigenvalue weighted by atomic mass is 10.0. The van der Waals surface area contributed by atoms with Gasteiger partial charge in [-0.15, -0.1) is 0 Å². The molecule has 0 radical (unpaired) electrons. The van der Waals surface area contributed by atoms with E-state index in [2.05, 4.69) is 6.92 Å². The Morgan fingerprint density at radius 3 is 1.91 bits per heavy atom. The molecule has 0 heterocycles. The minimum Gasteiger partial charge on any atom is -0.392 e. The first-order chi connectivity index (χ1) is 5.31. The van der Waals surface area contributed by atoms with Crippen LogP contribution in [0.25, 0.3) is 0 Å². The monoisotopic (exact) mass is 156 g/mol. The van der Waals surface area contributed by atoms with Crippen molar-refractivity contribution in [3.8, 4) is 0 Å². The van der Waals surface area contributed by atoms with Gasteiger partial charge in [0.05, 0.1) is 13.2 Å². The number of aliphatic hydroxyl groups is 2. The second-order valence-corrected chi connectivity index (χ2v) is 3.21. The summed E-state index contributed by atoms with van der Waals surface area (Å²) in [5.41, 5.74) is 2.14. The molecule has 2 heteroatoms. The van der Waals surface area contributed by atoms with Crippen LogP contribution in [-0.2, 0) is 0 Å². The summed E-state index contributed by atoms with van der Waals surface area (Å²) in [6.45, 7) is 2.42. The quantitative estimate of drug-likeness (QED) is 0.600. The van der Waals surface area contributed by atoms with Gasteiger partial charge in [0.2, 0.25) is 0 Å². The van der Waals surface area contributed by atoms with E-state index in [4.69, 9.17) is 10.2 Å². The number of aliphatic hydroxyl groups excluding tert-OH is 2. The SMILES string of the molecule is CCC1CC(CO)=C(CO)C1. The molecule has 0 unspecified atom stereocenters. The predicted molar refractivity (Wildman–Crippen MR) is 44.2 cm³/mol. The third-order valence-corrected chi connectivity index (χ3v) is 2.53. The highest BCUT2D eigenvalue weighted by Gasteiger charge is 2.21. The summed E-state index contributed by atoms with van der Waals surface area (Å²) in [4.78, 5) is 0. The molecule has 1 aliphatic carbocycles. The van der Waals surface area contributed by atoms with Crippen molar-refractivity contribution in [3.05, 3.63) is 11.1 Å². The third kappa shape index (κ3) is 1.82. The van der Waals surface area contributed by atoms with E-state index < -0.39 is 0 Å². The van der Waals surface area contributed by atoms with Crippen molar-refractivity contribution >= 4 is 0 Å². The van der Waals surface area contributed by atoms with Gasteiger partial charge in [-0.05, 0) is 29.9 Å². The van der Waals surface area contributed by atoms with Crippen molar-refractivity contribution in [1.82, 2.24) is 0 Å². The normalized spacial score (nSPS) is 19.9. The van der Waals surface area contributed by atoms with Gasteiger partial charge in [0.15, 0.2) is 0 Å². The first-order valence-corrected chi connectivity index (χ1v) is 4.23. The van der Waals surface area contributed by atoms with Gasteiger partial charge in [-0.1, -0.05) is 13.3 Å². The molecule has 1 aliphatic rings. The molecule has 0 spiro atoms. The molecular weight excluding hydrogens is 140 g/mol. The van der Waals surface area contributed by atoms with Gasteiger partial charge < -0.3 is 10.2 Å². The zero-order chi connectivity index (χ0) is 8.27. The van der Waals surface area contributed by atoms with Crippen LogP contribution in [0, 0.1) is 5.92 Å². The molecule has 1 rings (SSSR count). The van der Waals surface area contributed by atoms with Crippen molar-refractivity contribution in [3.63, 3.8) is 0 Å². The first kappa shape index (κ1) is 8.75. The standard InChI is InChI=1S/C9H16O2/c1-2-7-3-8(5-10)9(4-7)6-11/h7,10-11H,2-6H2,1H3. The summed E-state index contributed by atoms with van der Waals surface area (Å²) in [5, 5.41) is 17.8. The summed E-state index contributed by atoms with van der Waals surface area (Å²) in [6, 6.07) is 0. The second-order valence-electron chi connectivity index (χ2n) is 3.21. The Labute approximate surface area is 67.6 Å². The summed E-state index contributed by atoms with van der Waals surface area (Å²) < 4.78 is 0. The van der Waals surface area contributed by atoms with Crippen molar-refractivity contribution in [1.29, 1.82) is 0 Å². The van der Waals surface area contributed by atoms with Crippen LogP contribution in [0.1, 0.15) is 26.2 Å². The summed E-state index contributed by atoms with van der Waals surface area (Å²) in [7, 11) is 0. The molecule has 64 valence electrons. The van der Waals surface area contributed by atoms with E-state index in [1.54, 1.807) is 0 Å². The van der Waals surface area contributed by atoms with E-state index >= 15 is 0 Å². The first-order valence-electron chi connectivity index (χ1n) is 4.23. The van der Waals surface area contributed by atoms with E-state index in [1.807, 2.05) is 0 Å². The van der Waals surface area contributed by atoms with E-state index in [-0.39, 0.29) is 13.2 Å². The van der Waals surface area contributed by atoms with E-state index in [0.717, 1.165) is 30.4 Å². The highest BCUT2D eigenvalue weighted by molar-refractivity contribution is 5.21. The van der Waals surface area contributed by atoms with Crippen LogP contribution in [0.3, 0.4) is 0 Å². The predicted octanol–water partition coefficient (Wildman–Crippen LogP) is 1.09. The molecule has 0 saturated heterocycles. The lowest BCUT2D eigenvalue weighted by Gasteiger charge is -2.03. The zero-order valence-corrected chi connectivity index (χ0v) is 7.01. The van der Waals surface area contributed by atoms with Gasteiger partial charge >= 0.3 is 0 Å². The van der Waals surface area contributed by atoms with Gasteiger partial charge in [0.1, 0.15) is 0 Å². The summed E-state index contributed by atoms with van der Waals surface area (Å²) in [5.74, 6) is 0.666. The lowest BCUT2D eigenvalue weighted by Crippen LogP contribution is -1.93. The van der Waals surface area contributed by atoms with Crippen LogP contribution in [0.5, 0.6) is 0 Å². The van der Waals surface area contributed by atoms with Crippen LogP contribution >= 0.6 is 0 Å². The molecule has 0 aromatic carbocycles. The van der Waals surface area contributed by atoms with Crippen LogP contribution in [-0.4, -0.2) is 23.4 Å². The third-order valence-electron chi connectivity index (χ3n) is 2.53. The maximum atomic E-state index is 8.91. The molecular formula is C9H16O2. The maximum absolute atomic E-state index is 8.91. The van der Waals surface area contributed by atoms with Crippen LogP contribution in [0.2, 0.25) is 0 Å². The van der Waals surface area contributed by atoms with Gasteiger partial charge in [-0.2, -0.15) is 0 Å². The topological polar surface area (TPSA) is 40.5 Å². The summed E-state index contributed by atoms with van der Waals surface area (Å²) in [6.07, 6.45) is 3.12. The van der Waals surface area contributed by atoms with E-state index in [1.165, 1.54) is 0 Å². The molecule has 0 aromatic heterocycles. The molecule has 0 bridgehead atoms. The zero-order valence-electron chi connectivity index (χ0n) is 7.01. The smallest absolute Gasteiger partial charge is 0.0645 e. The van der Waals surface area contributed by atoms with Gasteiger partial charge in [0.25, 0.3) is 0 Å². The Balaban J connectivity index is 2.56. The van der Waals surface area contributed by atoms with Gasteiger partial charge in [-0.3, -0.25) is 0 Å². The van der Waals surface area contributed by atoms with Crippen molar-refractivity contribution in [2.24, 2.45) is 5.92 Å². The molecule has 0 saturated carbocycles. The van der Waals surface area contributed by atoms with Gasteiger partial charge in [-0.25, -0.2) is 0 Å². The Morgan fingerprint density at radius 2 is 1.64 bits per heavy atom. The Kier molecular flexibility index (Phi) is 3.09. The number of rotatable bonds is 3. The molecule has 0 aliphatic heterocycles. The number of hydrogen-bond acceptors (Lipinski definition) is 2. The molecule has 0 aromatic rings. The lowest BCUT2D eigenvalue weighted by molar-refractivity contribution is 0.311. The second kappa shape index (κ2) is 3.88. The Hall–Kier alpha value is -0.340. The highest BCUT2D eigenvalue weighted by Crippen LogP contribution is 2.32. The Morgan fingerprint density at radius 1 is 1.18 bits per heavy atom. The van der Waals surface area contributed by atoms with Crippen LogP contribution in [0.15, 0.2) is 11.1 Å². The fourth-order valence-corrected chi connectivity index (χ4v) is 1.70. The van der Waals surface area contributed by atoms with E-state index in [0.29, 0.717) is 5.92 Å². The average molecular weight is 156 g/mol. The molecule has 2 N–H and O–H groups in total. The van der Waals surface area contributed by atoms with Gasteiger partial charge in [0, 0.05) is 0 Å². The molecule has 2 nitrogen and oxygen atoms in total. The molecule has 0 amide bonds. The summed E-state index contributed by atoms with van der Waals surface area (Å²) >= 11 is 0. The molecule has 0 atom stereocenters. The maximum Gasteiger partial charge on any atom is 0.0645 e. The fourth-order valence-electron chi connectivity index (χ4n) is 1.70. The minimum atomic E-state index is 0.131. The largest absolute Gasteiger partial charge is 0.392 e. The number of hydrogen-bond donors (Lipinski definition) is 2. The van der Waals surface area contributed by atoms with Crippen molar-refractivity contribution < 1.29 is 10.2 Å². The molecule has 0 fully saturated rings.